The molecule has 0 saturated carbocycles. The summed E-state index contributed by atoms with van der Waals surface area (Å²) in [6.07, 6.45) is 0.780. The molecule has 0 radical (unpaired) electrons. The van der Waals surface area contributed by atoms with E-state index in [0.717, 1.165) is 17.4 Å². The standard InChI is InChI=1S/C13H11NO/c14-13-7-6-11(8-12(13)9-15)10-4-2-1-3-5-10/h1-9H,14H2. The second kappa shape index (κ2) is 3.96. The van der Waals surface area contributed by atoms with E-state index < -0.39 is 0 Å². The molecule has 0 spiro atoms. The van der Waals surface area contributed by atoms with Crippen LogP contribution in [-0.4, -0.2) is 6.29 Å². The molecule has 0 saturated heterocycles. The average Bonchev–Trinajstić information content (AvgIpc) is 2.31. The highest BCUT2D eigenvalue weighted by Gasteiger charge is 2.01. The molecule has 0 atom stereocenters. The lowest BCUT2D eigenvalue weighted by molar-refractivity contribution is 0.112. The summed E-state index contributed by atoms with van der Waals surface area (Å²) < 4.78 is 0. The SMILES string of the molecule is Nc1ccc(-c2ccccc2)cc1C=O. The van der Waals surface area contributed by atoms with Crippen molar-refractivity contribution in [2.24, 2.45) is 0 Å². The monoisotopic (exact) mass is 197 g/mol. The molecule has 2 heteroatoms. The van der Waals surface area contributed by atoms with Crippen molar-refractivity contribution in [1.29, 1.82) is 0 Å². The van der Waals surface area contributed by atoms with E-state index in [4.69, 9.17) is 5.73 Å². The number of hydrogen-bond donors (Lipinski definition) is 1. The molecule has 0 bridgehead atoms. The van der Waals surface area contributed by atoms with Gasteiger partial charge in [0.05, 0.1) is 0 Å². The maximum atomic E-state index is 10.7. The highest BCUT2D eigenvalue weighted by Crippen LogP contribution is 2.22. The molecule has 0 amide bonds. The lowest BCUT2D eigenvalue weighted by Gasteiger charge is -2.04. The number of anilines is 1. The first-order valence-electron chi connectivity index (χ1n) is 4.71. The Morgan fingerprint density at radius 3 is 2.33 bits per heavy atom. The number of benzene rings is 2. The van der Waals surface area contributed by atoms with E-state index in [1.165, 1.54) is 0 Å². The Balaban J connectivity index is 2.51. The van der Waals surface area contributed by atoms with Gasteiger partial charge in [0.25, 0.3) is 0 Å². The van der Waals surface area contributed by atoms with Crippen LogP contribution in [0.1, 0.15) is 10.4 Å². The number of carbonyl (C=O) groups is 1. The number of aldehydes is 1. The first kappa shape index (κ1) is 9.46. The molecule has 0 aromatic heterocycles. The van der Waals surface area contributed by atoms with E-state index in [1.54, 1.807) is 12.1 Å². The predicted octanol–water partition coefficient (Wildman–Crippen LogP) is 2.75. The largest absolute Gasteiger partial charge is 0.398 e. The third kappa shape index (κ3) is 1.89. The number of carbonyl (C=O) groups excluding carboxylic acids is 1. The van der Waals surface area contributed by atoms with Crippen molar-refractivity contribution in [1.82, 2.24) is 0 Å². The summed E-state index contributed by atoms with van der Waals surface area (Å²) in [5.41, 5.74) is 8.79. The van der Waals surface area contributed by atoms with Gasteiger partial charge in [0.1, 0.15) is 0 Å². The minimum Gasteiger partial charge on any atom is -0.398 e. The predicted molar refractivity (Wildman–Crippen MR) is 61.7 cm³/mol. The Hall–Kier alpha value is -2.09. The summed E-state index contributed by atoms with van der Waals surface area (Å²) in [6, 6.07) is 15.4. The Bertz CT molecular complexity index is 477. The number of rotatable bonds is 2. The van der Waals surface area contributed by atoms with Crippen molar-refractivity contribution in [3.8, 4) is 11.1 Å². The average molecular weight is 197 g/mol. The lowest BCUT2D eigenvalue weighted by Crippen LogP contribution is -1.92. The maximum absolute atomic E-state index is 10.7. The molecule has 2 N–H and O–H groups in total. The normalized spacial score (nSPS) is 9.87. The van der Waals surface area contributed by atoms with Gasteiger partial charge < -0.3 is 5.73 Å². The number of nitrogen functional groups attached to an aromatic ring is 1. The molecule has 0 heterocycles. The van der Waals surface area contributed by atoms with Crippen molar-refractivity contribution in [2.45, 2.75) is 0 Å². The summed E-state index contributed by atoms with van der Waals surface area (Å²) in [6.45, 7) is 0. The van der Waals surface area contributed by atoms with Crippen LogP contribution in [0.3, 0.4) is 0 Å². The van der Waals surface area contributed by atoms with E-state index in [0.29, 0.717) is 11.3 Å². The Morgan fingerprint density at radius 1 is 0.933 bits per heavy atom. The minimum absolute atomic E-state index is 0.518. The molecule has 0 aliphatic carbocycles. The van der Waals surface area contributed by atoms with E-state index in [2.05, 4.69) is 0 Å². The quantitative estimate of drug-likeness (QED) is 0.594. The second-order valence-electron chi connectivity index (χ2n) is 3.33. The number of nitrogens with two attached hydrogens (primary N) is 1. The third-order valence-electron chi connectivity index (χ3n) is 2.32. The van der Waals surface area contributed by atoms with Crippen LogP contribution in [-0.2, 0) is 0 Å². The van der Waals surface area contributed by atoms with E-state index in [-0.39, 0.29) is 0 Å². The van der Waals surface area contributed by atoms with Crippen LogP contribution in [0.5, 0.6) is 0 Å². The fraction of sp³-hybridized carbons (Fsp3) is 0. The lowest BCUT2D eigenvalue weighted by atomic mass is 10.0. The van der Waals surface area contributed by atoms with Gasteiger partial charge in [-0.15, -0.1) is 0 Å². The van der Waals surface area contributed by atoms with Gasteiger partial charge in [0.15, 0.2) is 6.29 Å². The van der Waals surface area contributed by atoms with Gasteiger partial charge in [-0.05, 0) is 23.3 Å². The van der Waals surface area contributed by atoms with Gasteiger partial charge in [-0.3, -0.25) is 4.79 Å². The van der Waals surface area contributed by atoms with Crippen molar-refractivity contribution < 1.29 is 4.79 Å². The first-order chi connectivity index (χ1) is 7.31. The fourth-order valence-corrected chi connectivity index (χ4v) is 1.49. The van der Waals surface area contributed by atoms with Gasteiger partial charge in [-0.1, -0.05) is 36.4 Å². The van der Waals surface area contributed by atoms with Crippen molar-refractivity contribution in [3.05, 3.63) is 54.1 Å². The van der Waals surface area contributed by atoms with Crippen molar-refractivity contribution in [2.75, 3.05) is 5.73 Å². The van der Waals surface area contributed by atoms with Crippen LogP contribution in [0.25, 0.3) is 11.1 Å². The van der Waals surface area contributed by atoms with Crippen molar-refractivity contribution >= 4 is 12.0 Å². The van der Waals surface area contributed by atoms with Crippen LogP contribution < -0.4 is 5.73 Å². The second-order valence-corrected chi connectivity index (χ2v) is 3.33. The number of hydrogen-bond acceptors (Lipinski definition) is 2. The Morgan fingerprint density at radius 2 is 1.67 bits per heavy atom. The minimum atomic E-state index is 0.518. The van der Waals surface area contributed by atoms with Gasteiger partial charge in [-0.25, -0.2) is 0 Å². The molecule has 0 fully saturated rings. The summed E-state index contributed by atoms with van der Waals surface area (Å²) in [5, 5.41) is 0. The maximum Gasteiger partial charge on any atom is 0.152 e. The zero-order chi connectivity index (χ0) is 10.7. The van der Waals surface area contributed by atoms with Crippen LogP contribution >= 0.6 is 0 Å². The molecule has 0 aliphatic rings. The van der Waals surface area contributed by atoms with Crippen LogP contribution in [0.4, 0.5) is 5.69 Å². The molecule has 2 aromatic rings. The Labute approximate surface area is 88.4 Å². The zero-order valence-electron chi connectivity index (χ0n) is 8.18. The summed E-state index contributed by atoms with van der Waals surface area (Å²) in [4.78, 5) is 10.7. The topological polar surface area (TPSA) is 43.1 Å². The van der Waals surface area contributed by atoms with Gasteiger partial charge in [0, 0.05) is 11.3 Å². The highest BCUT2D eigenvalue weighted by atomic mass is 16.1. The van der Waals surface area contributed by atoms with Crippen LogP contribution in [0, 0.1) is 0 Å². The molecule has 2 rings (SSSR count). The first-order valence-corrected chi connectivity index (χ1v) is 4.71. The van der Waals surface area contributed by atoms with Gasteiger partial charge in [-0.2, -0.15) is 0 Å². The van der Waals surface area contributed by atoms with Crippen LogP contribution in [0.15, 0.2) is 48.5 Å². The molecule has 0 unspecified atom stereocenters. The molecule has 74 valence electrons. The highest BCUT2D eigenvalue weighted by molar-refractivity contribution is 5.86. The van der Waals surface area contributed by atoms with Gasteiger partial charge in [0.2, 0.25) is 0 Å². The third-order valence-corrected chi connectivity index (χ3v) is 2.32. The smallest absolute Gasteiger partial charge is 0.152 e. The summed E-state index contributed by atoms with van der Waals surface area (Å²) >= 11 is 0. The zero-order valence-corrected chi connectivity index (χ0v) is 8.18. The summed E-state index contributed by atoms with van der Waals surface area (Å²) in [5.74, 6) is 0. The van der Waals surface area contributed by atoms with E-state index >= 15 is 0 Å². The fourth-order valence-electron chi connectivity index (χ4n) is 1.49. The molecule has 15 heavy (non-hydrogen) atoms. The molecular formula is C13H11NO. The Kier molecular flexibility index (Phi) is 2.50. The van der Waals surface area contributed by atoms with Crippen molar-refractivity contribution in [3.63, 3.8) is 0 Å². The van der Waals surface area contributed by atoms with E-state index in [1.807, 2.05) is 36.4 Å². The van der Waals surface area contributed by atoms with Crippen LogP contribution in [0.2, 0.25) is 0 Å². The molecular weight excluding hydrogens is 186 g/mol. The summed E-state index contributed by atoms with van der Waals surface area (Å²) in [7, 11) is 0. The molecule has 2 nitrogen and oxygen atoms in total. The van der Waals surface area contributed by atoms with Gasteiger partial charge >= 0.3 is 0 Å². The molecule has 0 aliphatic heterocycles. The molecule has 2 aromatic carbocycles. The van der Waals surface area contributed by atoms with E-state index in [9.17, 15) is 4.79 Å².